The van der Waals surface area contributed by atoms with Gasteiger partial charge >= 0.3 is 11.4 Å². The number of aromatic nitrogens is 4. The van der Waals surface area contributed by atoms with Crippen LogP contribution in [0.25, 0.3) is 10.4 Å². The molecule has 5 N–H and O–H groups in total. The summed E-state index contributed by atoms with van der Waals surface area (Å²) in [6, 6.07) is 0.655. The summed E-state index contributed by atoms with van der Waals surface area (Å²) in [6.45, 7) is 0.950. The van der Waals surface area contributed by atoms with E-state index in [0.717, 1.165) is 0 Å². The summed E-state index contributed by atoms with van der Waals surface area (Å²) in [5.74, 6) is 0. The second-order valence-corrected chi connectivity index (χ2v) is 7.93. The van der Waals surface area contributed by atoms with Gasteiger partial charge in [0.1, 0.15) is 18.6 Å². The maximum Gasteiger partial charge on any atom is 0.330 e. The Morgan fingerprint density at radius 1 is 1.06 bits per heavy atom. The van der Waals surface area contributed by atoms with Crippen LogP contribution in [0.4, 0.5) is 0 Å². The number of nitrogens with one attached hydrogen (secondary N) is 2. The van der Waals surface area contributed by atoms with E-state index < -0.39 is 59.3 Å². The number of aliphatic hydroxyl groups is 3. The van der Waals surface area contributed by atoms with Gasteiger partial charge in [-0.3, -0.25) is 28.7 Å². The van der Waals surface area contributed by atoms with Crippen LogP contribution in [0.1, 0.15) is 30.9 Å². The van der Waals surface area contributed by atoms with Crippen molar-refractivity contribution in [2.75, 3.05) is 13.2 Å². The van der Waals surface area contributed by atoms with Gasteiger partial charge in [-0.25, -0.2) is 9.59 Å². The highest BCUT2D eigenvalue weighted by Crippen LogP contribution is 2.29. The first-order valence-electron chi connectivity index (χ1n) is 10.6. The summed E-state index contributed by atoms with van der Waals surface area (Å²) in [6.07, 6.45) is -0.320. The lowest BCUT2D eigenvalue weighted by Gasteiger charge is -2.14. The molecule has 2 saturated heterocycles. The maximum atomic E-state index is 11.7. The van der Waals surface area contributed by atoms with Crippen LogP contribution >= 0.6 is 0 Å². The van der Waals surface area contributed by atoms with Crippen molar-refractivity contribution < 1.29 is 24.8 Å². The molecule has 190 valence electrons. The molecule has 2 aromatic heterocycles. The second kappa shape index (κ2) is 11.3. The van der Waals surface area contributed by atoms with E-state index >= 15 is 0 Å². The second-order valence-electron chi connectivity index (χ2n) is 7.93. The first-order chi connectivity index (χ1) is 16.7. The topological polar surface area (TPSA) is 238 Å². The lowest BCUT2D eigenvalue weighted by Crippen LogP contribution is -2.33. The molecule has 4 rings (SSSR count). The summed E-state index contributed by atoms with van der Waals surface area (Å²) in [5.41, 5.74) is 6.67. The van der Waals surface area contributed by atoms with Crippen molar-refractivity contribution in [3.8, 4) is 0 Å². The normalized spacial score (nSPS) is 27.7. The zero-order chi connectivity index (χ0) is 25.7. The van der Waals surface area contributed by atoms with Gasteiger partial charge in [0, 0.05) is 41.8 Å². The molecular weight excluding hydrogens is 470 g/mol. The molecule has 0 bridgehead atoms. The lowest BCUT2D eigenvalue weighted by atomic mass is 10.1. The van der Waals surface area contributed by atoms with Crippen LogP contribution in [0, 0.1) is 6.92 Å². The van der Waals surface area contributed by atoms with E-state index in [9.17, 15) is 24.3 Å². The van der Waals surface area contributed by atoms with Gasteiger partial charge in [-0.1, -0.05) is 5.11 Å². The Labute approximate surface area is 195 Å². The quantitative estimate of drug-likeness (QED) is 0.174. The van der Waals surface area contributed by atoms with Crippen LogP contribution in [0.5, 0.6) is 0 Å². The van der Waals surface area contributed by atoms with Crippen LogP contribution < -0.4 is 22.5 Å². The molecule has 0 aromatic carbocycles. The van der Waals surface area contributed by atoms with E-state index in [1.54, 1.807) is 6.92 Å². The van der Waals surface area contributed by atoms with Crippen molar-refractivity contribution >= 4 is 0 Å². The molecule has 35 heavy (non-hydrogen) atoms. The predicted octanol–water partition coefficient (Wildman–Crippen LogP) is -2.02. The van der Waals surface area contributed by atoms with Crippen molar-refractivity contribution in [2.24, 2.45) is 5.11 Å². The fraction of sp³-hybridized carbons (Fsp3) is 0.579. The molecule has 2 fully saturated rings. The number of hydrogen-bond acceptors (Lipinski definition) is 10. The largest absolute Gasteiger partial charge is 0.394 e. The van der Waals surface area contributed by atoms with Gasteiger partial charge in [-0.05, 0) is 12.5 Å². The van der Waals surface area contributed by atoms with Gasteiger partial charge in [0.25, 0.3) is 11.1 Å². The number of rotatable bonds is 5. The molecule has 4 heterocycles. The smallest absolute Gasteiger partial charge is 0.330 e. The van der Waals surface area contributed by atoms with E-state index in [-0.39, 0.29) is 26.1 Å². The van der Waals surface area contributed by atoms with Gasteiger partial charge < -0.3 is 24.8 Å². The number of aromatic amines is 2. The van der Waals surface area contributed by atoms with Gasteiger partial charge in [-0.15, -0.1) is 0 Å². The molecule has 0 amide bonds. The fourth-order valence-electron chi connectivity index (χ4n) is 3.74. The van der Waals surface area contributed by atoms with E-state index in [0.29, 0.717) is 5.56 Å². The first-order valence-corrected chi connectivity index (χ1v) is 10.6. The van der Waals surface area contributed by atoms with E-state index in [1.165, 1.54) is 27.6 Å². The minimum absolute atomic E-state index is 0.206. The Bertz CT molecular complexity index is 1310. The number of aliphatic hydroxyl groups excluding tert-OH is 3. The summed E-state index contributed by atoms with van der Waals surface area (Å²) < 4.78 is 13.1. The number of ether oxygens (including phenoxy) is 2. The highest BCUT2D eigenvalue weighted by atomic mass is 16.5. The van der Waals surface area contributed by atoms with Crippen LogP contribution in [-0.4, -0.2) is 72.0 Å². The minimum Gasteiger partial charge on any atom is -0.394 e. The van der Waals surface area contributed by atoms with Crippen LogP contribution in [0.3, 0.4) is 0 Å². The Morgan fingerprint density at radius 2 is 1.69 bits per heavy atom. The fourth-order valence-corrected chi connectivity index (χ4v) is 3.74. The SMILES string of the molecule is Cc1cn([C@H]2C[C@H](N=[N+]=[N-])[C@@H](CO)O2)c(=O)[nH]c1=O.O=c1ccn([C@H]2C[C@H](O)[C@@H](CO)O2)c(=O)[nH]1. The Kier molecular flexibility index (Phi) is 8.39. The van der Waals surface area contributed by atoms with Crippen molar-refractivity contribution in [1.29, 1.82) is 0 Å². The van der Waals surface area contributed by atoms with Crippen LogP contribution in [-0.2, 0) is 9.47 Å². The van der Waals surface area contributed by atoms with Crippen LogP contribution in [0.2, 0.25) is 0 Å². The molecule has 0 unspecified atom stereocenters. The monoisotopic (exact) mass is 495 g/mol. The molecule has 6 atom stereocenters. The van der Waals surface area contributed by atoms with Crippen LogP contribution in [0.15, 0.2) is 42.8 Å². The van der Waals surface area contributed by atoms with Crippen molar-refractivity contribution in [1.82, 2.24) is 19.1 Å². The zero-order valence-corrected chi connectivity index (χ0v) is 18.6. The number of nitrogens with zero attached hydrogens (tertiary/aromatic N) is 5. The third-order valence-electron chi connectivity index (χ3n) is 5.59. The number of hydrogen-bond donors (Lipinski definition) is 5. The van der Waals surface area contributed by atoms with Gasteiger partial charge in [-0.2, -0.15) is 0 Å². The Morgan fingerprint density at radius 3 is 2.29 bits per heavy atom. The molecule has 2 aliphatic heterocycles. The van der Waals surface area contributed by atoms with E-state index in [4.69, 9.17) is 25.2 Å². The summed E-state index contributed by atoms with van der Waals surface area (Å²) in [4.78, 5) is 52.2. The standard InChI is InChI=1S/C10H13N5O4.C9H12N2O5/c1-5-3-15(10(18)12-9(5)17)8-2-6(13-14-11)7(4-16)19-8;12-4-6-5(13)3-8(16-6)11-2-1-7(14)10-9(11)15/h3,6-8,16H,2,4H2,1H3,(H,12,17,18);1-2,5-6,8,12-13H,3-4H2,(H,10,14,15)/t6-,7+,8+;5-,6+,8+/m00/s1. The minimum atomic E-state index is -0.811. The summed E-state index contributed by atoms with van der Waals surface area (Å²) in [5, 5.41) is 31.0. The molecule has 0 saturated carbocycles. The van der Waals surface area contributed by atoms with E-state index in [1.807, 2.05) is 0 Å². The number of azide groups is 1. The number of H-pyrrole nitrogens is 2. The van der Waals surface area contributed by atoms with E-state index in [2.05, 4.69) is 20.0 Å². The summed E-state index contributed by atoms with van der Waals surface area (Å²) in [7, 11) is 0. The first kappa shape index (κ1) is 26.1. The summed E-state index contributed by atoms with van der Waals surface area (Å²) >= 11 is 0. The highest BCUT2D eigenvalue weighted by Gasteiger charge is 2.36. The molecule has 0 spiro atoms. The Hall–Kier alpha value is -3.53. The maximum absolute atomic E-state index is 11.7. The van der Waals surface area contributed by atoms with Crippen molar-refractivity contribution in [3.63, 3.8) is 0 Å². The third kappa shape index (κ3) is 5.94. The average Bonchev–Trinajstić information content (AvgIpc) is 3.39. The van der Waals surface area contributed by atoms with Gasteiger partial charge in [0.15, 0.2) is 0 Å². The molecule has 2 aliphatic rings. The highest BCUT2D eigenvalue weighted by molar-refractivity contribution is 5.02. The lowest BCUT2D eigenvalue weighted by molar-refractivity contribution is -0.0459. The van der Waals surface area contributed by atoms with Crippen molar-refractivity contribution in [3.05, 3.63) is 76.1 Å². The van der Waals surface area contributed by atoms with Gasteiger partial charge in [0.05, 0.1) is 31.5 Å². The molecule has 16 nitrogen and oxygen atoms in total. The predicted molar refractivity (Wildman–Crippen MR) is 118 cm³/mol. The third-order valence-corrected chi connectivity index (χ3v) is 5.59. The molecule has 0 radical (unpaired) electrons. The average molecular weight is 495 g/mol. The molecular formula is C19H25N7O9. The number of aryl methyl sites for hydroxylation is 1. The zero-order valence-electron chi connectivity index (χ0n) is 18.6. The molecule has 16 heteroatoms. The Balaban J connectivity index is 0.000000198. The van der Waals surface area contributed by atoms with Crippen molar-refractivity contribution in [2.45, 2.75) is 56.6 Å². The molecule has 0 aliphatic carbocycles. The van der Waals surface area contributed by atoms with Gasteiger partial charge in [0.2, 0.25) is 0 Å². The molecule has 2 aromatic rings.